The molecule has 4 nitrogen and oxygen atoms in total. The van der Waals surface area contributed by atoms with E-state index in [-0.39, 0.29) is 6.29 Å². The molecule has 1 atom stereocenters. The molecule has 2 N–H and O–H groups in total. The summed E-state index contributed by atoms with van der Waals surface area (Å²) in [6.07, 6.45) is -0.306. The summed E-state index contributed by atoms with van der Waals surface area (Å²) in [7, 11) is -1.44. The van der Waals surface area contributed by atoms with Gasteiger partial charge in [0.1, 0.15) is 5.75 Å². The fourth-order valence-corrected chi connectivity index (χ4v) is 1.18. The Hall–Kier alpha value is -1.04. The van der Waals surface area contributed by atoms with Gasteiger partial charge in [0.05, 0.1) is 0 Å². The van der Waals surface area contributed by atoms with Gasteiger partial charge in [-0.15, -0.1) is 0 Å². The number of rotatable bonds is 5. The molecule has 1 unspecified atom stereocenters. The van der Waals surface area contributed by atoms with E-state index in [2.05, 4.69) is 0 Å². The minimum Gasteiger partial charge on any atom is -0.465 e. The van der Waals surface area contributed by atoms with Crippen molar-refractivity contribution in [2.75, 3.05) is 6.61 Å². The van der Waals surface area contributed by atoms with Gasteiger partial charge in [-0.25, -0.2) is 0 Å². The van der Waals surface area contributed by atoms with Gasteiger partial charge in [-0.1, -0.05) is 12.1 Å². The van der Waals surface area contributed by atoms with Crippen LogP contribution in [0.25, 0.3) is 0 Å². The van der Waals surface area contributed by atoms with Gasteiger partial charge in [-0.05, 0) is 31.4 Å². The molecule has 5 heteroatoms. The molecule has 1 aromatic carbocycles. The minimum atomic E-state index is -1.44. The Balaban J connectivity index is 2.56. The molecule has 82 valence electrons. The third kappa shape index (κ3) is 3.91. The maximum absolute atomic E-state index is 8.87. The summed E-state index contributed by atoms with van der Waals surface area (Å²) < 4.78 is 10.6. The number of benzene rings is 1. The van der Waals surface area contributed by atoms with E-state index < -0.39 is 7.12 Å². The van der Waals surface area contributed by atoms with Crippen molar-refractivity contribution in [2.45, 2.75) is 20.1 Å². The van der Waals surface area contributed by atoms with Crippen molar-refractivity contribution < 1.29 is 19.5 Å². The summed E-state index contributed by atoms with van der Waals surface area (Å²) in [5.74, 6) is 0.639. The fraction of sp³-hybridized carbons (Fsp3) is 0.400. The van der Waals surface area contributed by atoms with Crippen LogP contribution >= 0.6 is 0 Å². The Morgan fingerprint density at radius 2 is 1.87 bits per heavy atom. The predicted molar refractivity (Wildman–Crippen MR) is 58.0 cm³/mol. The van der Waals surface area contributed by atoms with E-state index in [1.165, 1.54) is 0 Å². The van der Waals surface area contributed by atoms with Gasteiger partial charge in [0, 0.05) is 6.61 Å². The first-order valence-corrected chi connectivity index (χ1v) is 4.88. The zero-order valence-corrected chi connectivity index (χ0v) is 8.88. The lowest BCUT2D eigenvalue weighted by molar-refractivity contribution is -0.0613. The maximum atomic E-state index is 8.87. The molecular weight excluding hydrogens is 195 g/mol. The predicted octanol–water partition coefficient (Wildman–Crippen LogP) is 0.128. The first-order valence-electron chi connectivity index (χ1n) is 4.88. The van der Waals surface area contributed by atoms with Crippen LogP contribution in [0.4, 0.5) is 0 Å². The lowest BCUT2D eigenvalue weighted by Gasteiger charge is -2.14. The summed E-state index contributed by atoms with van der Waals surface area (Å²) in [5, 5.41) is 17.7. The molecule has 0 saturated carbocycles. The minimum absolute atomic E-state index is 0.306. The molecule has 0 saturated heterocycles. The SMILES string of the molecule is CCOC(C)Oc1ccc(B(O)O)cc1. The van der Waals surface area contributed by atoms with Crippen LogP contribution in [0, 0.1) is 0 Å². The third-order valence-electron chi connectivity index (χ3n) is 1.88. The summed E-state index contributed by atoms with van der Waals surface area (Å²) in [6.45, 7) is 4.29. The summed E-state index contributed by atoms with van der Waals surface area (Å²) in [4.78, 5) is 0. The molecule has 0 heterocycles. The van der Waals surface area contributed by atoms with Gasteiger partial charge in [-0.2, -0.15) is 0 Å². The standard InChI is InChI=1S/C10H15BO4/c1-3-14-8(2)15-10-6-4-9(5-7-10)11(12)13/h4-8,12-13H,3H2,1-2H3. The van der Waals surface area contributed by atoms with E-state index >= 15 is 0 Å². The second-order valence-corrected chi connectivity index (χ2v) is 3.08. The highest BCUT2D eigenvalue weighted by Gasteiger charge is 2.10. The molecule has 0 aromatic heterocycles. The topological polar surface area (TPSA) is 58.9 Å². The Kier molecular flexibility index (Phi) is 4.61. The van der Waals surface area contributed by atoms with Crippen molar-refractivity contribution in [3.8, 4) is 5.75 Å². The Labute approximate surface area is 89.6 Å². The molecule has 0 aliphatic rings. The molecule has 0 aliphatic heterocycles. The fourth-order valence-electron chi connectivity index (χ4n) is 1.18. The molecule has 15 heavy (non-hydrogen) atoms. The van der Waals surface area contributed by atoms with Crippen LogP contribution in [-0.2, 0) is 4.74 Å². The van der Waals surface area contributed by atoms with E-state index in [1.807, 2.05) is 6.92 Å². The largest absolute Gasteiger partial charge is 0.488 e. The van der Waals surface area contributed by atoms with Gasteiger partial charge in [-0.3, -0.25) is 0 Å². The number of hydrogen-bond donors (Lipinski definition) is 2. The van der Waals surface area contributed by atoms with Gasteiger partial charge >= 0.3 is 7.12 Å². The molecule has 0 spiro atoms. The highest BCUT2D eigenvalue weighted by Crippen LogP contribution is 2.10. The van der Waals surface area contributed by atoms with Crippen LogP contribution in [-0.4, -0.2) is 30.1 Å². The van der Waals surface area contributed by atoms with Crippen molar-refractivity contribution in [3.63, 3.8) is 0 Å². The van der Waals surface area contributed by atoms with Crippen LogP contribution in [0.2, 0.25) is 0 Å². The molecule has 0 radical (unpaired) electrons. The highest BCUT2D eigenvalue weighted by molar-refractivity contribution is 6.58. The van der Waals surface area contributed by atoms with Crippen LogP contribution < -0.4 is 10.2 Å². The number of hydrogen-bond acceptors (Lipinski definition) is 4. The van der Waals surface area contributed by atoms with Gasteiger partial charge in [0.25, 0.3) is 0 Å². The van der Waals surface area contributed by atoms with Crippen LogP contribution in [0.5, 0.6) is 5.75 Å². The van der Waals surface area contributed by atoms with Crippen molar-refractivity contribution in [3.05, 3.63) is 24.3 Å². The second-order valence-electron chi connectivity index (χ2n) is 3.08. The van der Waals surface area contributed by atoms with Gasteiger partial charge in [0.2, 0.25) is 0 Å². The quantitative estimate of drug-likeness (QED) is 0.535. The summed E-state index contributed by atoms with van der Waals surface area (Å²) in [6, 6.07) is 6.53. The van der Waals surface area contributed by atoms with E-state index in [0.29, 0.717) is 17.8 Å². The lowest BCUT2D eigenvalue weighted by Crippen LogP contribution is -2.29. The Morgan fingerprint density at radius 3 is 2.33 bits per heavy atom. The average Bonchev–Trinajstić information content (AvgIpc) is 2.18. The van der Waals surface area contributed by atoms with Crippen LogP contribution in [0.1, 0.15) is 13.8 Å². The summed E-state index contributed by atoms with van der Waals surface area (Å²) in [5.41, 5.74) is 0.436. The van der Waals surface area contributed by atoms with E-state index in [0.717, 1.165) is 0 Å². The molecule has 1 rings (SSSR count). The molecule has 0 bridgehead atoms. The van der Waals surface area contributed by atoms with Gasteiger partial charge < -0.3 is 19.5 Å². The Morgan fingerprint density at radius 1 is 1.27 bits per heavy atom. The molecule has 1 aromatic rings. The molecule has 0 fully saturated rings. The summed E-state index contributed by atoms with van der Waals surface area (Å²) >= 11 is 0. The monoisotopic (exact) mass is 210 g/mol. The third-order valence-corrected chi connectivity index (χ3v) is 1.88. The zero-order valence-electron chi connectivity index (χ0n) is 8.88. The van der Waals surface area contributed by atoms with Gasteiger partial charge in [0.15, 0.2) is 6.29 Å². The maximum Gasteiger partial charge on any atom is 0.488 e. The van der Waals surface area contributed by atoms with Crippen molar-refractivity contribution in [2.24, 2.45) is 0 Å². The molecule has 0 aliphatic carbocycles. The van der Waals surface area contributed by atoms with Crippen LogP contribution in [0.3, 0.4) is 0 Å². The molecular formula is C10H15BO4. The van der Waals surface area contributed by atoms with Crippen molar-refractivity contribution in [1.29, 1.82) is 0 Å². The lowest BCUT2D eigenvalue weighted by atomic mass is 9.80. The first kappa shape index (κ1) is 12.0. The van der Waals surface area contributed by atoms with Crippen LogP contribution in [0.15, 0.2) is 24.3 Å². The van der Waals surface area contributed by atoms with E-state index in [4.69, 9.17) is 19.5 Å². The second kappa shape index (κ2) is 5.75. The van der Waals surface area contributed by atoms with Crippen molar-refractivity contribution >= 4 is 12.6 Å². The average molecular weight is 210 g/mol. The van der Waals surface area contributed by atoms with E-state index in [1.54, 1.807) is 31.2 Å². The smallest absolute Gasteiger partial charge is 0.465 e. The van der Waals surface area contributed by atoms with Crippen molar-refractivity contribution in [1.82, 2.24) is 0 Å². The Bertz CT molecular complexity index is 286. The van der Waals surface area contributed by atoms with E-state index in [9.17, 15) is 0 Å². The highest BCUT2D eigenvalue weighted by atomic mass is 16.7. The zero-order chi connectivity index (χ0) is 11.3. The first-order chi connectivity index (χ1) is 7.13. The molecule has 0 amide bonds. The number of ether oxygens (including phenoxy) is 2. The normalized spacial score (nSPS) is 12.3.